The molecule has 0 aliphatic carbocycles. The van der Waals surface area contributed by atoms with Crippen molar-refractivity contribution in [1.29, 1.82) is 0 Å². The highest BCUT2D eigenvalue weighted by atomic mass is 16.5. The van der Waals surface area contributed by atoms with Gasteiger partial charge in [0, 0.05) is 18.7 Å². The van der Waals surface area contributed by atoms with Crippen molar-refractivity contribution in [2.24, 2.45) is 0 Å². The number of likely N-dealkylation sites (N-methyl/N-ethyl adjacent to an activating group) is 1. The SMILES string of the molecule is C=CCOc1ccc(C2/C(=C(\O)c3ccccc3)C(=O)C(=O)N2CCN(C)C)cc1OCC. The van der Waals surface area contributed by atoms with Crippen LogP contribution < -0.4 is 9.47 Å². The molecule has 0 spiro atoms. The fourth-order valence-electron chi connectivity index (χ4n) is 3.75. The van der Waals surface area contributed by atoms with Gasteiger partial charge in [-0.05, 0) is 38.7 Å². The molecule has 1 aliphatic rings. The van der Waals surface area contributed by atoms with Crippen molar-refractivity contribution < 1.29 is 24.2 Å². The lowest BCUT2D eigenvalue weighted by molar-refractivity contribution is -0.140. The van der Waals surface area contributed by atoms with Crippen molar-refractivity contribution >= 4 is 17.4 Å². The smallest absolute Gasteiger partial charge is 0.295 e. The minimum atomic E-state index is -0.752. The number of nitrogens with zero attached hydrogens (tertiary/aromatic N) is 2. The van der Waals surface area contributed by atoms with Crippen molar-refractivity contribution in [3.05, 3.63) is 77.9 Å². The van der Waals surface area contributed by atoms with E-state index in [1.807, 2.05) is 32.0 Å². The third-order valence-electron chi connectivity index (χ3n) is 5.32. The predicted octanol–water partition coefficient (Wildman–Crippen LogP) is 3.63. The second-order valence-corrected chi connectivity index (χ2v) is 7.90. The average Bonchev–Trinajstić information content (AvgIpc) is 3.07. The summed E-state index contributed by atoms with van der Waals surface area (Å²) in [4.78, 5) is 29.5. The van der Waals surface area contributed by atoms with E-state index in [1.165, 1.54) is 4.90 Å². The molecule has 3 rings (SSSR count). The molecule has 7 heteroatoms. The molecule has 1 heterocycles. The minimum Gasteiger partial charge on any atom is -0.507 e. The highest BCUT2D eigenvalue weighted by Crippen LogP contribution is 2.42. The third kappa shape index (κ3) is 5.26. The van der Waals surface area contributed by atoms with E-state index < -0.39 is 17.7 Å². The summed E-state index contributed by atoms with van der Waals surface area (Å²) < 4.78 is 11.5. The number of ether oxygens (including phenoxy) is 2. The molecular formula is C26H30N2O5. The fraction of sp³-hybridized carbons (Fsp3) is 0.308. The van der Waals surface area contributed by atoms with Crippen molar-refractivity contribution in [1.82, 2.24) is 9.80 Å². The van der Waals surface area contributed by atoms with Gasteiger partial charge in [-0.2, -0.15) is 0 Å². The summed E-state index contributed by atoms with van der Waals surface area (Å²) in [5, 5.41) is 11.1. The van der Waals surface area contributed by atoms with Crippen molar-refractivity contribution in [2.75, 3.05) is 40.4 Å². The topological polar surface area (TPSA) is 79.3 Å². The van der Waals surface area contributed by atoms with Crippen LogP contribution in [-0.4, -0.2) is 67.0 Å². The molecule has 7 nitrogen and oxygen atoms in total. The zero-order valence-corrected chi connectivity index (χ0v) is 19.3. The van der Waals surface area contributed by atoms with E-state index in [2.05, 4.69) is 6.58 Å². The molecule has 33 heavy (non-hydrogen) atoms. The van der Waals surface area contributed by atoms with E-state index in [9.17, 15) is 14.7 Å². The van der Waals surface area contributed by atoms with Crippen LogP contribution in [-0.2, 0) is 9.59 Å². The molecule has 1 saturated heterocycles. The van der Waals surface area contributed by atoms with Gasteiger partial charge in [-0.25, -0.2) is 0 Å². The molecule has 1 N–H and O–H groups in total. The molecular weight excluding hydrogens is 420 g/mol. The van der Waals surface area contributed by atoms with Crippen LogP contribution in [0.5, 0.6) is 11.5 Å². The fourth-order valence-corrected chi connectivity index (χ4v) is 3.75. The molecule has 1 fully saturated rings. The maximum Gasteiger partial charge on any atom is 0.295 e. The Morgan fingerprint density at radius 2 is 1.85 bits per heavy atom. The monoisotopic (exact) mass is 450 g/mol. The zero-order chi connectivity index (χ0) is 24.0. The Bertz CT molecular complexity index is 1050. The Labute approximate surface area is 194 Å². The Morgan fingerprint density at radius 3 is 2.48 bits per heavy atom. The molecule has 0 bridgehead atoms. The second kappa shape index (κ2) is 10.8. The number of amides is 1. The predicted molar refractivity (Wildman–Crippen MR) is 127 cm³/mol. The van der Waals surface area contributed by atoms with Crippen molar-refractivity contribution in [2.45, 2.75) is 13.0 Å². The van der Waals surface area contributed by atoms with Gasteiger partial charge in [-0.3, -0.25) is 9.59 Å². The van der Waals surface area contributed by atoms with E-state index in [-0.39, 0.29) is 11.3 Å². The first-order chi connectivity index (χ1) is 15.9. The number of hydrogen-bond donors (Lipinski definition) is 1. The second-order valence-electron chi connectivity index (χ2n) is 7.90. The summed E-state index contributed by atoms with van der Waals surface area (Å²) in [6, 6.07) is 13.3. The molecule has 174 valence electrons. The summed E-state index contributed by atoms with van der Waals surface area (Å²) in [6.45, 7) is 7.15. The zero-order valence-electron chi connectivity index (χ0n) is 19.3. The number of rotatable bonds is 10. The highest BCUT2D eigenvalue weighted by molar-refractivity contribution is 6.46. The molecule has 1 amide bonds. The number of likely N-dealkylation sites (tertiary alicyclic amines) is 1. The molecule has 1 unspecified atom stereocenters. The maximum atomic E-state index is 13.1. The molecule has 0 aromatic heterocycles. The lowest BCUT2D eigenvalue weighted by Crippen LogP contribution is -2.35. The Kier molecular flexibility index (Phi) is 7.90. The summed E-state index contributed by atoms with van der Waals surface area (Å²) in [5.74, 6) is -0.505. The van der Waals surface area contributed by atoms with Crippen molar-refractivity contribution in [3.63, 3.8) is 0 Å². The minimum absolute atomic E-state index is 0.0622. The van der Waals surface area contributed by atoms with Crippen LogP contribution in [0.4, 0.5) is 0 Å². The first-order valence-corrected chi connectivity index (χ1v) is 10.9. The number of benzene rings is 2. The van der Waals surface area contributed by atoms with Crippen LogP contribution >= 0.6 is 0 Å². The number of hydrogen-bond acceptors (Lipinski definition) is 6. The summed E-state index contributed by atoms with van der Waals surface area (Å²) in [7, 11) is 3.79. The van der Waals surface area contributed by atoms with E-state index in [1.54, 1.807) is 48.5 Å². The van der Waals surface area contributed by atoms with Crippen molar-refractivity contribution in [3.8, 4) is 11.5 Å². The molecule has 2 aromatic rings. The van der Waals surface area contributed by atoms with E-state index in [0.29, 0.717) is 48.9 Å². The Balaban J connectivity index is 2.15. The van der Waals surface area contributed by atoms with Crippen LogP contribution in [0.15, 0.2) is 66.8 Å². The lowest BCUT2D eigenvalue weighted by atomic mass is 9.95. The van der Waals surface area contributed by atoms with Gasteiger partial charge < -0.3 is 24.4 Å². The molecule has 0 saturated carbocycles. The number of Topliss-reactive ketones (excluding diaryl/α,β-unsaturated/α-hetero) is 1. The number of carbonyl (C=O) groups excluding carboxylic acids is 2. The first-order valence-electron chi connectivity index (χ1n) is 10.9. The van der Waals surface area contributed by atoms with Gasteiger partial charge in [-0.1, -0.05) is 49.1 Å². The van der Waals surface area contributed by atoms with Gasteiger partial charge in [0.2, 0.25) is 0 Å². The van der Waals surface area contributed by atoms with Crippen LogP contribution in [0.1, 0.15) is 24.1 Å². The Morgan fingerprint density at radius 1 is 1.12 bits per heavy atom. The number of carbonyl (C=O) groups is 2. The van der Waals surface area contributed by atoms with E-state index >= 15 is 0 Å². The van der Waals surface area contributed by atoms with Gasteiger partial charge in [0.25, 0.3) is 11.7 Å². The van der Waals surface area contributed by atoms with E-state index in [4.69, 9.17) is 9.47 Å². The molecule has 2 aromatic carbocycles. The van der Waals surface area contributed by atoms with Gasteiger partial charge in [0.15, 0.2) is 11.5 Å². The van der Waals surface area contributed by atoms with Crippen LogP contribution in [0, 0.1) is 0 Å². The number of aliphatic hydroxyl groups is 1. The largest absolute Gasteiger partial charge is 0.507 e. The summed E-state index contributed by atoms with van der Waals surface area (Å²) >= 11 is 0. The highest BCUT2D eigenvalue weighted by Gasteiger charge is 2.46. The van der Waals surface area contributed by atoms with Gasteiger partial charge in [0.1, 0.15) is 12.4 Å². The van der Waals surface area contributed by atoms with E-state index in [0.717, 1.165) is 0 Å². The van der Waals surface area contributed by atoms with Crippen LogP contribution in [0.2, 0.25) is 0 Å². The summed E-state index contributed by atoms with van der Waals surface area (Å²) in [5.41, 5.74) is 1.19. The van der Waals surface area contributed by atoms with Gasteiger partial charge >= 0.3 is 0 Å². The average molecular weight is 451 g/mol. The number of ketones is 1. The number of aliphatic hydroxyl groups excluding tert-OH is 1. The third-order valence-corrected chi connectivity index (χ3v) is 5.32. The normalized spacial score (nSPS) is 17.5. The summed E-state index contributed by atoms with van der Waals surface area (Å²) in [6.07, 6.45) is 1.64. The van der Waals surface area contributed by atoms with Crippen LogP contribution in [0.25, 0.3) is 5.76 Å². The Hall–Kier alpha value is -3.58. The quantitative estimate of drug-likeness (QED) is 0.258. The maximum absolute atomic E-state index is 13.1. The molecule has 0 radical (unpaired) electrons. The van der Waals surface area contributed by atoms with Gasteiger partial charge in [-0.15, -0.1) is 0 Å². The molecule has 1 atom stereocenters. The van der Waals surface area contributed by atoms with Crippen LogP contribution in [0.3, 0.4) is 0 Å². The standard InChI is InChI=1S/C26H30N2O5/c1-5-16-33-20-13-12-19(17-21(20)32-6-2)23-22(24(29)18-10-8-7-9-11-18)25(30)26(31)28(23)15-14-27(3)4/h5,7-13,17,23,29H,1,6,14-16H2,2-4H3/b24-22+. The van der Waals surface area contributed by atoms with Gasteiger partial charge in [0.05, 0.1) is 18.2 Å². The first kappa shape index (κ1) is 24.1. The molecule has 1 aliphatic heterocycles. The lowest BCUT2D eigenvalue weighted by Gasteiger charge is -2.27.